The van der Waals surface area contributed by atoms with Crippen LogP contribution in [0.5, 0.6) is 0 Å². The monoisotopic (exact) mass is 258 g/mol. The first kappa shape index (κ1) is 13.5. The van der Waals surface area contributed by atoms with Gasteiger partial charge < -0.3 is 18.9 Å². The van der Waals surface area contributed by atoms with Crippen molar-refractivity contribution in [1.82, 2.24) is 0 Å². The maximum atomic E-state index is 5.55. The Morgan fingerprint density at radius 2 is 1.82 bits per heavy atom. The van der Waals surface area contributed by atoms with Crippen LogP contribution in [-0.2, 0) is 18.9 Å². The van der Waals surface area contributed by atoms with Crippen LogP contribution in [0.3, 0.4) is 0 Å². The zero-order valence-corrected chi connectivity index (χ0v) is 11.9. The van der Waals surface area contributed by atoms with E-state index in [0.717, 1.165) is 12.0 Å². The van der Waals surface area contributed by atoms with Crippen LogP contribution >= 0.6 is 0 Å². The van der Waals surface area contributed by atoms with E-state index in [2.05, 4.69) is 0 Å². The van der Waals surface area contributed by atoms with Crippen molar-refractivity contribution >= 4 is 9.52 Å². The summed E-state index contributed by atoms with van der Waals surface area (Å²) >= 11 is 0. The molecule has 2 rings (SSSR count). The third-order valence-corrected chi connectivity index (χ3v) is 5.40. The van der Waals surface area contributed by atoms with Gasteiger partial charge in [-0.05, 0) is 25.2 Å². The minimum Gasteiger partial charge on any atom is -0.370 e. The van der Waals surface area contributed by atoms with E-state index < -0.39 is 5.60 Å². The van der Waals surface area contributed by atoms with Gasteiger partial charge in [-0.25, -0.2) is 0 Å². The molecule has 3 atom stereocenters. The van der Waals surface area contributed by atoms with Gasteiger partial charge >= 0.3 is 0 Å². The minimum absolute atomic E-state index is 0.516. The molecule has 4 nitrogen and oxygen atoms in total. The van der Waals surface area contributed by atoms with Crippen LogP contribution in [0.15, 0.2) is 0 Å². The second-order valence-corrected chi connectivity index (χ2v) is 6.24. The molecule has 5 heteroatoms. The van der Waals surface area contributed by atoms with Crippen LogP contribution < -0.4 is 0 Å². The summed E-state index contributed by atoms with van der Waals surface area (Å²) in [6.45, 7) is 0. The fraction of sp³-hybridized carbons (Fsp3) is 1.00. The molecule has 0 aromatic rings. The number of hydrogen-bond acceptors (Lipinski definition) is 4. The van der Waals surface area contributed by atoms with E-state index in [-0.39, 0.29) is 0 Å². The lowest BCUT2D eigenvalue weighted by Crippen LogP contribution is -2.42. The average Bonchev–Trinajstić information content (AvgIpc) is 3.14. The van der Waals surface area contributed by atoms with Crippen molar-refractivity contribution in [3.05, 3.63) is 0 Å². The standard InChI is InChI=1S/C12H22O4Si/c1-13-12(14-2,15-3)17-7-6-9-4-5-10-11(8-9)16-10/h9-11H,4-8H2,1-3H3. The van der Waals surface area contributed by atoms with Crippen LogP contribution in [0.25, 0.3) is 0 Å². The normalized spacial score (nSPS) is 32.3. The zero-order chi connectivity index (χ0) is 12.3. The molecule has 17 heavy (non-hydrogen) atoms. The molecule has 1 saturated carbocycles. The van der Waals surface area contributed by atoms with E-state index in [1.165, 1.54) is 25.7 Å². The van der Waals surface area contributed by atoms with E-state index in [0.29, 0.717) is 21.7 Å². The topological polar surface area (TPSA) is 40.2 Å². The number of fused-ring (bicyclic) bond motifs is 1. The average molecular weight is 258 g/mol. The number of rotatable bonds is 7. The first-order chi connectivity index (χ1) is 8.23. The Kier molecular flexibility index (Phi) is 4.60. The second-order valence-electron chi connectivity index (χ2n) is 4.78. The smallest absolute Gasteiger partial charge is 0.250 e. The molecule has 1 saturated heterocycles. The lowest BCUT2D eigenvalue weighted by molar-refractivity contribution is -0.294. The van der Waals surface area contributed by atoms with Crippen molar-refractivity contribution in [2.45, 2.75) is 49.5 Å². The summed E-state index contributed by atoms with van der Waals surface area (Å²) in [5.41, 5.74) is -0.826. The SMILES string of the molecule is COC(OC)(OC)[Si]CCC1CCC2OC2C1. The highest BCUT2D eigenvalue weighted by atomic mass is 28.2. The van der Waals surface area contributed by atoms with E-state index in [4.69, 9.17) is 18.9 Å². The van der Waals surface area contributed by atoms with Crippen molar-refractivity contribution in [2.24, 2.45) is 5.92 Å². The molecule has 0 amide bonds. The van der Waals surface area contributed by atoms with Crippen molar-refractivity contribution in [1.29, 1.82) is 0 Å². The summed E-state index contributed by atoms with van der Waals surface area (Å²) in [7, 11) is 5.40. The molecular weight excluding hydrogens is 236 g/mol. The summed E-state index contributed by atoms with van der Waals surface area (Å²) in [5.74, 6) is 0.814. The Morgan fingerprint density at radius 1 is 1.12 bits per heavy atom. The van der Waals surface area contributed by atoms with Crippen LogP contribution in [0.4, 0.5) is 0 Å². The summed E-state index contributed by atoms with van der Waals surface area (Å²) in [5, 5.41) is 0. The molecule has 1 heterocycles. The molecule has 2 radical (unpaired) electrons. The van der Waals surface area contributed by atoms with Crippen molar-refractivity contribution < 1.29 is 18.9 Å². The minimum atomic E-state index is -0.826. The molecule has 1 aliphatic carbocycles. The van der Waals surface area contributed by atoms with Gasteiger partial charge in [0.15, 0.2) is 9.52 Å². The van der Waals surface area contributed by atoms with E-state index in [9.17, 15) is 0 Å². The molecule has 98 valence electrons. The van der Waals surface area contributed by atoms with Gasteiger partial charge in [0.05, 0.1) is 12.2 Å². The number of hydrogen-bond donors (Lipinski definition) is 0. The summed E-state index contributed by atoms with van der Waals surface area (Å²) in [6, 6.07) is 1.09. The Bertz CT molecular complexity index is 236. The molecule has 0 bridgehead atoms. The Morgan fingerprint density at radius 3 is 2.41 bits per heavy atom. The fourth-order valence-corrected chi connectivity index (χ4v) is 3.94. The van der Waals surface area contributed by atoms with E-state index in [1.54, 1.807) is 21.3 Å². The molecular formula is C12H22O4Si. The quantitative estimate of drug-likeness (QED) is 0.395. The molecule has 2 aliphatic rings. The van der Waals surface area contributed by atoms with Gasteiger partial charge in [0.1, 0.15) is 0 Å². The molecule has 0 aromatic carbocycles. The van der Waals surface area contributed by atoms with Crippen molar-refractivity contribution in [2.75, 3.05) is 21.3 Å². The summed E-state index contributed by atoms with van der Waals surface area (Å²) in [4.78, 5) is 0. The highest BCUT2D eigenvalue weighted by Crippen LogP contribution is 2.41. The Balaban J connectivity index is 1.67. The van der Waals surface area contributed by atoms with E-state index in [1.807, 2.05) is 0 Å². The predicted octanol–water partition coefficient (Wildman–Crippen LogP) is 1.62. The Labute approximate surface area is 106 Å². The fourth-order valence-electron chi connectivity index (χ4n) is 2.64. The lowest BCUT2D eigenvalue weighted by Gasteiger charge is -2.29. The largest absolute Gasteiger partial charge is 0.370 e. The van der Waals surface area contributed by atoms with Crippen LogP contribution in [0, 0.1) is 5.92 Å². The van der Waals surface area contributed by atoms with Gasteiger partial charge in [0, 0.05) is 21.3 Å². The van der Waals surface area contributed by atoms with Crippen LogP contribution in [0.2, 0.25) is 6.04 Å². The number of ether oxygens (including phenoxy) is 4. The molecule has 3 unspecified atom stereocenters. The molecule has 1 aliphatic heterocycles. The summed E-state index contributed by atoms with van der Waals surface area (Å²) in [6.07, 6.45) is 6.21. The van der Waals surface area contributed by atoms with Crippen molar-refractivity contribution in [3.63, 3.8) is 0 Å². The van der Waals surface area contributed by atoms with Crippen LogP contribution in [0.1, 0.15) is 25.7 Å². The van der Waals surface area contributed by atoms with Gasteiger partial charge in [-0.15, -0.1) is 0 Å². The maximum absolute atomic E-state index is 5.55. The first-order valence-corrected chi connectivity index (χ1v) is 7.49. The second kappa shape index (κ2) is 5.80. The lowest BCUT2D eigenvalue weighted by atomic mass is 9.88. The number of epoxide rings is 1. The van der Waals surface area contributed by atoms with Gasteiger partial charge in [0.25, 0.3) is 5.60 Å². The molecule has 0 aromatic heterocycles. The Hall–Kier alpha value is 0.0569. The van der Waals surface area contributed by atoms with Gasteiger partial charge in [-0.3, -0.25) is 0 Å². The highest BCUT2D eigenvalue weighted by molar-refractivity contribution is 6.38. The predicted molar refractivity (Wildman–Crippen MR) is 64.9 cm³/mol. The van der Waals surface area contributed by atoms with Gasteiger partial charge in [0.2, 0.25) is 0 Å². The van der Waals surface area contributed by atoms with Gasteiger partial charge in [-0.2, -0.15) is 0 Å². The first-order valence-electron chi connectivity index (χ1n) is 6.29. The van der Waals surface area contributed by atoms with Gasteiger partial charge in [-0.1, -0.05) is 12.5 Å². The number of methoxy groups -OCH3 is 3. The third-order valence-electron chi connectivity index (χ3n) is 3.81. The highest BCUT2D eigenvalue weighted by Gasteiger charge is 2.43. The maximum Gasteiger partial charge on any atom is 0.250 e. The van der Waals surface area contributed by atoms with E-state index >= 15 is 0 Å². The third kappa shape index (κ3) is 3.29. The molecule has 0 N–H and O–H groups in total. The molecule has 2 fully saturated rings. The molecule has 0 spiro atoms. The zero-order valence-electron chi connectivity index (χ0n) is 10.9. The van der Waals surface area contributed by atoms with Crippen LogP contribution in [-0.4, -0.2) is 48.7 Å². The summed E-state index contributed by atoms with van der Waals surface area (Å²) < 4.78 is 21.4. The van der Waals surface area contributed by atoms with Crippen molar-refractivity contribution in [3.8, 4) is 0 Å².